The fourth-order valence-corrected chi connectivity index (χ4v) is 4.19. The molecule has 1 aromatic carbocycles. The summed E-state index contributed by atoms with van der Waals surface area (Å²) < 4.78 is 13.8. The summed E-state index contributed by atoms with van der Waals surface area (Å²) in [5.41, 5.74) is 8.06. The largest absolute Gasteiger partial charge is 0.352 e. The summed E-state index contributed by atoms with van der Waals surface area (Å²) in [6.07, 6.45) is 6.69. The van der Waals surface area contributed by atoms with Crippen LogP contribution in [0.15, 0.2) is 60.9 Å². The van der Waals surface area contributed by atoms with Crippen LogP contribution >= 0.6 is 0 Å². The molecule has 1 aliphatic heterocycles. The monoisotopic (exact) mass is 410 g/mol. The maximum Gasteiger partial charge on any atom is 0.135 e. The van der Waals surface area contributed by atoms with Gasteiger partial charge in [-0.1, -0.05) is 18.2 Å². The second-order valence-electron chi connectivity index (χ2n) is 7.69. The topological polar surface area (TPSA) is 82.3 Å². The molecule has 0 spiro atoms. The van der Waals surface area contributed by atoms with Crippen molar-refractivity contribution < 1.29 is 4.39 Å². The van der Waals surface area contributed by atoms with Crippen molar-refractivity contribution in [3.05, 3.63) is 72.4 Å². The quantitative estimate of drug-likeness (QED) is 0.403. The van der Waals surface area contributed by atoms with Gasteiger partial charge >= 0.3 is 0 Å². The van der Waals surface area contributed by atoms with Gasteiger partial charge in [0, 0.05) is 23.7 Å². The summed E-state index contributed by atoms with van der Waals surface area (Å²) >= 11 is 0. The van der Waals surface area contributed by atoms with E-state index in [1.807, 2.05) is 24.3 Å². The first-order chi connectivity index (χ1) is 15.3. The molecule has 6 nitrogen and oxygen atoms in total. The lowest BCUT2D eigenvalue weighted by molar-refractivity contribution is 0.628. The minimum atomic E-state index is -0.271. The Labute approximate surface area is 177 Å². The molecule has 0 atom stereocenters. The Morgan fingerprint density at radius 3 is 2.84 bits per heavy atom. The van der Waals surface area contributed by atoms with Gasteiger partial charge in [0.25, 0.3) is 0 Å². The molecule has 0 fully saturated rings. The average Bonchev–Trinajstić information content (AvgIpc) is 3.43. The molecule has 0 saturated heterocycles. The van der Waals surface area contributed by atoms with Gasteiger partial charge < -0.3 is 10.3 Å². The normalized spacial score (nSPS) is 14.3. The second kappa shape index (κ2) is 7.14. The number of benzene rings is 1. The third-order valence-corrected chi connectivity index (χ3v) is 5.74. The van der Waals surface area contributed by atoms with E-state index < -0.39 is 0 Å². The van der Waals surface area contributed by atoms with Crippen molar-refractivity contribution in [3.8, 4) is 22.5 Å². The third kappa shape index (κ3) is 3.10. The summed E-state index contributed by atoms with van der Waals surface area (Å²) in [7, 11) is 0. The van der Waals surface area contributed by atoms with Gasteiger partial charge in [0.05, 0.1) is 28.6 Å². The Morgan fingerprint density at radius 1 is 1.00 bits per heavy atom. The number of aromatic nitrogens is 5. The molecule has 0 unspecified atom stereocenters. The number of aromatic amines is 2. The second-order valence-corrected chi connectivity index (χ2v) is 7.69. The van der Waals surface area contributed by atoms with E-state index in [2.05, 4.69) is 31.6 Å². The number of hydrogen-bond acceptors (Lipinski definition) is 4. The van der Waals surface area contributed by atoms with Crippen molar-refractivity contribution >= 4 is 27.5 Å². The van der Waals surface area contributed by atoms with Crippen LogP contribution in [0.5, 0.6) is 0 Å². The van der Waals surface area contributed by atoms with Gasteiger partial charge in [-0.2, -0.15) is 5.10 Å². The molecule has 1 aliphatic rings. The van der Waals surface area contributed by atoms with Gasteiger partial charge in [-0.05, 0) is 54.4 Å². The Kier molecular flexibility index (Phi) is 4.14. The maximum absolute atomic E-state index is 13.8. The van der Waals surface area contributed by atoms with Crippen LogP contribution in [0.4, 0.5) is 4.39 Å². The van der Waals surface area contributed by atoms with Crippen LogP contribution in [0.2, 0.25) is 0 Å². The molecule has 4 aromatic heterocycles. The summed E-state index contributed by atoms with van der Waals surface area (Å²) in [6.45, 7) is 1.83. The van der Waals surface area contributed by atoms with Crippen LogP contribution in [0.3, 0.4) is 0 Å². The molecular formula is C24H19FN6. The summed E-state index contributed by atoms with van der Waals surface area (Å²) in [4.78, 5) is 12.7. The van der Waals surface area contributed by atoms with Crippen molar-refractivity contribution in [2.75, 3.05) is 13.1 Å². The van der Waals surface area contributed by atoms with E-state index in [0.29, 0.717) is 0 Å². The third-order valence-electron chi connectivity index (χ3n) is 5.74. The summed E-state index contributed by atoms with van der Waals surface area (Å²) in [5.74, 6) is -0.271. The fourth-order valence-electron chi connectivity index (χ4n) is 4.19. The van der Waals surface area contributed by atoms with E-state index in [-0.39, 0.29) is 5.82 Å². The van der Waals surface area contributed by atoms with Gasteiger partial charge in [-0.25, -0.2) is 9.37 Å². The van der Waals surface area contributed by atoms with Crippen LogP contribution in [0, 0.1) is 5.82 Å². The zero-order chi connectivity index (χ0) is 20.8. The van der Waals surface area contributed by atoms with Gasteiger partial charge in [-0.15, -0.1) is 0 Å². The van der Waals surface area contributed by atoms with Gasteiger partial charge in [-0.3, -0.25) is 10.1 Å². The molecule has 0 aliphatic carbocycles. The highest BCUT2D eigenvalue weighted by Gasteiger charge is 2.16. The first-order valence-corrected chi connectivity index (χ1v) is 10.2. The Bertz CT molecular complexity index is 1460. The van der Waals surface area contributed by atoms with Gasteiger partial charge in [0.1, 0.15) is 17.0 Å². The van der Waals surface area contributed by atoms with Crippen molar-refractivity contribution in [2.45, 2.75) is 6.42 Å². The molecule has 0 saturated carbocycles. The molecule has 152 valence electrons. The minimum Gasteiger partial charge on any atom is -0.352 e. The highest BCUT2D eigenvalue weighted by Crippen LogP contribution is 2.33. The SMILES string of the molecule is Fc1cccc(-c2cncc3[nH]c(-c4n[nH]c5ccc(C6=CCNCC6)nc45)cc23)c1. The number of rotatable bonds is 3. The van der Waals surface area contributed by atoms with E-state index in [1.54, 1.807) is 18.5 Å². The lowest BCUT2D eigenvalue weighted by Crippen LogP contribution is -2.20. The van der Waals surface area contributed by atoms with E-state index in [4.69, 9.17) is 4.98 Å². The number of fused-ring (bicyclic) bond motifs is 2. The molecule has 5 heterocycles. The van der Waals surface area contributed by atoms with E-state index in [9.17, 15) is 4.39 Å². The standard InChI is InChI=1S/C24H19FN6/c25-16-3-1-2-15(10-16)18-12-27-13-22-17(18)11-21(28-22)24-23-20(30-31-24)5-4-19(29-23)14-6-8-26-9-7-14/h1-6,10-13,26,28H,7-9H2,(H,30,31). The number of hydrogen-bond donors (Lipinski definition) is 3. The van der Waals surface area contributed by atoms with E-state index in [0.717, 1.165) is 69.7 Å². The fraction of sp³-hybridized carbons (Fsp3) is 0.125. The van der Waals surface area contributed by atoms with Crippen molar-refractivity contribution in [3.63, 3.8) is 0 Å². The summed E-state index contributed by atoms with van der Waals surface area (Å²) in [5, 5.41) is 11.9. The number of H-pyrrole nitrogens is 2. The van der Waals surface area contributed by atoms with Crippen LogP contribution in [-0.2, 0) is 0 Å². The van der Waals surface area contributed by atoms with Crippen LogP contribution in [0.25, 0.3) is 50.0 Å². The van der Waals surface area contributed by atoms with Crippen LogP contribution < -0.4 is 5.32 Å². The van der Waals surface area contributed by atoms with Crippen LogP contribution in [-0.4, -0.2) is 38.2 Å². The molecule has 5 aromatic rings. The molecule has 7 heteroatoms. The first kappa shape index (κ1) is 18.0. The molecule has 0 radical (unpaired) electrons. The molecule has 0 bridgehead atoms. The minimum absolute atomic E-state index is 0.271. The highest BCUT2D eigenvalue weighted by atomic mass is 19.1. The van der Waals surface area contributed by atoms with Gasteiger partial charge in [0.15, 0.2) is 0 Å². The number of halogens is 1. The van der Waals surface area contributed by atoms with E-state index in [1.165, 1.54) is 17.7 Å². The molecule has 31 heavy (non-hydrogen) atoms. The molecular weight excluding hydrogens is 391 g/mol. The van der Waals surface area contributed by atoms with Crippen molar-refractivity contribution in [1.29, 1.82) is 0 Å². The predicted octanol–water partition coefficient (Wildman–Crippen LogP) is 4.68. The zero-order valence-electron chi connectivity index (χ0n) is 16.6. The zero-order valence-corrected chi connectivity index (χ0v) is 16.6. The van der Waals surface area contributed by atoms with Gasteiger partial charge in [0.2, 0.25) is 0 Å². The Hall–Kier alpha value is -3.84. The number of nitrogens with zero attached hydrogens (tertiary/aromatic N) is 3. The lowest BCUT2D eigenvalue weighted by Gasteiger charge is -2.13. The smallest absolute Gasteiger partial charge is 0.135 e. The highest BCUT2D eigenvalue weighted by molar-refractivity contribution is 5.99. The Balaban J connectivity index is 1.49. The maximum atomic E-state index is 13.8. The van der Waals surface area contributed by atoms with Crippen molar-refractivity contribution in [1.82, 2.24) is 30.5 Å². The molecule has 3 N–H and O–H groups in total. The van der Waals surface area contributed by atoms with E-state index >= 15 is 0 Å². The van der Waals surface area contributed by atoms with Crippen LogP contribution in [0.1, 0.15) is 12.1 Å². The predicted molar refractivity (Wildman–Crippen MR) is 120 cm³/mol. The van der Waals surface area contributed by atoms with Crippen molar-refractivity contribution in [2.24, 2.45) is 0 Å². The molecule has 6 rings (SSSR count). The number of nitrogens with one attached hydrogen (secondary N) is 3. The lowest BCUT2D eigenvalue weighted by atomic mass is 10.0. The summed E-state index contributed by atoms with van der Waals surface area (Å²) in [6, 6.07) is 12.7. The molecule has 0 amide bonds. The average molecular weight is 410 g/mol. The number of pyridine rings is 2. The Morgan fingerprint density at radius 2 is 1.97 bits per heavy atom. The first-order valence-electron chi connectivity index (χ1n) is 10.2.